The number of hydrogen-bond donors (Lipinski definition) is 0. The van der Waals surface area contributed by atoms with E-state index < -0.39 is 0 Å². The fourth-order valence-corrected chi connectivity index (χ4v) is 3.14. The number of hydrogen-bond acceptors (Lipinski definition) is 2. The number of carbonyl (C=O) groups excluding carboxylic acids is 1. The molecular formula is C17H27N3O. The molecule has 0 radical (unpaired) electrons. The van der Waals surface area contributed by atoms with Crippen molar-refractivity contribution in [2.75, 3.05) is 41.3 Å². The molecule has 1 aromatic rings. The molecule has 116 valence electrons. The van der Waals surface area contributed by atoms with Crippen molar-refractivity contribution in [3.63, 3.8) is 0 Å². The van der Waals surface area contributed by atoms with Gasteiger partial charge < -0.3 is 14.7 Å². The van der Waals surface area contributed by atoms with Crippen molar-refractivity contribution in [3.05, 3.63) is 35.9 Å². The highest BCUT2D eigenvalue weighted by Crippen LogP contribution is 2.32. The van der Waals surface area contributed by atoms with Crippen LogP contribution in [0.25, 0.3) is 0 Å². The van der Waals surface area contributed by atoms with Gasteiger partial charge in [0.05, 0.1) is 5.54 Å². The van der Waals surface area contributed by atoms with Gasteiger partial charge in [-0.3, -0.25) is 0 Å². The molecule has 0 N–H and O–H groups in total. The maximum Gasteiger partial charge on any atom is 0.319 e. The molecule has 0 aromatic heterocycles. The van der Waals surface area contributed by atoms with Crippen LogP contribution in [0.3, 0.4) is 0 Å². The number of nitrogens with zero attached hydrogens (tertiary/aromatic N) is 3. The first-order chi connectivity index (χ1) is 9.94. The Morgan fingerprint density at radius 3 is 2.24 bits per heavy atom. The third-order valence-electron chi connectivity index (χ3n) is 4.67. The molecule has 1 aromatic carbocycles. The fraction of sp³-hybridized carbons (Fsp3) is 0.588. The summed E-state index contributed by atoms with van der Waals surface area (Å²) in [4.78, 5) is 18.4. The minimum atomic E-state index is -0.0742. The molecule has 2 amide bonds. The van der Waals surface area contributed by atoms with Crippen LogP contribution >= 0.6 is 0 Å². The lowest BCUT2D eigenvalue weighted by atomic mass is 9.80. The zero-order chi connectivity index (χ0) is 15.5. The summed E-state index contributed by atoms with van der Waals surface area (Å²) in [5, 5.41) is 0. The number of piperidine rings is 1. The van der Waals surface area contributed by atoms with Crippen LogP contribution in [0.5, 0.6) is 0 Å². The third kappa shape index (κ3) is 3.56. The van der Waals surface area contributed by atoms with E-state index in [-0.39, 0.29) is 11.6 Å². The Morgan fingerprint density at radius 2 is 1.71 bits per heavy atom. The second kappa shape index (κ2) is 6.48. The molecule has 0 spiro atoms. The molecule has 1 heterocycles. The van der Waals surface area contributed by atoms with Gasteiger partial charge in [0.25, 0.3) is 0 Å². The number of amides is 2. The molecule has 1 aliphatic rings. The largest absolute Gasteiger partial charge is 0.331 e. The molecule has 21 heavy (non-hydrogen) atoms. The monoisotopic (exact) mass is 289 g/mol. The van der Waals surface area contributed by atoms with E-state index in [1.54, 1.807) is 4.90 Å². The van der Waals surface area contributed by atoms with Gasteiger partial charge in [-0.2, -0.15) is 0 Å². The second-order valence-corrected chi connectivity index (χ2v) is 6.43. The van der Waals surface area contributed by atoms with E-state index in [4.69, 9.17) is 0 Å². The molecular weight excluding hydrogens is 262 g/mol. The molecule has 0 aliphatic carbocycles. The van der Waals surface area contributed by atoms with E-state index >= 15 is 0 Å². The molecule has 4 nitrogen and oxygen atoms in total. The summed E-state index contributed by atoms with van der Waals surface area (Å²) in [6.07, 6.45) is 2.97. The van der Waals surface area contributed by atoms with Gasteiger partial charge in [0.2, 0.25) is 0 Å². The van der Waals surface area contributed by atoms with Gasteiger partial charge >= 0.3 is 6.03 Å². The lowest BCUT2D eigenvalue weighted by Gasteiger charge is -2.47. The van der Waals surface area contributed by atoms with Crippen molar-refractivity contribution >= 4 is 6.03 Å². The number of rotatable bonds is 3. The van der Waals surface area contributed by atoms with Gasteiger partial charge in [0, 0.05) is 34.2 Å². The van der Waals surface area contributed by atoms with Crippen molar-refractivity contribution in [2.45, 2.75) is 24.8 Å². The summed E-state index contributed by atoms with van der Waals surface area (Å²) in [6.45, 7) is 2.08. The Hall–Kier alpha value is -1.55. The van der Waals surface area contributed by atoms with Crippen LogP contribution in [0.15, 0.2) is 30.3 Å². The maximum atomic E-state index is 12.5. The Labute approximate surface area is 128 Å². The van der Waals surface area contributed by atoms with Crippen LogP contribution in [-0.4, -0.2) is 67.5 Å². The van der Waals surface area contributed by atoms with Crippen LogP contribution in [0, 0.1) is 0 Å². The summed E-state index contributed by atoms with van der Waals surface area (Å²) in [5.41, 5.74) is 1.23. The van der Waals surface area contributed by atoms with Crippen molar-refractivity contribution in [1.29, 1.82) is 0 Å². The normalized spacial score (nSPS) is 18.3. The van der Waals surface area contributed by atoms with E-state index in [1.807, 2.05) is 32.1 Å². The maximum absolute atomic E-state index is 12.5. The van der Waals surface area contributed by atoms with Crippen LogP contribution in [0.2, 0.25) is 0 Å². The van der Waals surface area contributed by atoms with E-state index in [0.717, 1.165) is 32.4 Å². The lowest BCUT2D eigenvalue weighted by molar-refractivity contribution is 0.0592. The first-order valence-electron chi connectivity index (χ1n) is 7.62. The van der Waals surface area contributed by atoms with Crippen molar-refractivity contribution in [1.82, 2.24) is 14.7 Å². The summed E-state index contributed by atoms with van der Waals surface area (Å²) < 4.78 is 0. The van der Waals surface area contributed by atoms with Gasteiger partial charge in [-0.05, 0) is 31.9 Å². The standard InChI is InChI=1S/C17H27N3O/c1-18(2)16(21)20(4)17(10-12-19(3)13-11-17)14-15-8-6-5-7-9-15/h5-9H,10-14H2,1-4H3. The predicted octanol–water partition coefficient (Wildman–Crippen LogP) is 2.31. The highest BCUT2D eigenvalue weighted by Gasteiger charge is 2.40. The van der Waals surface area contributed by atoms with E-state index in [9.17, 15) is 4.79 Å². The average molecular weight is 289 g/mol. The Morgan fingerprint density at radius 1 is 1.14 bits per heavy atom. The van der Waals surface area contributed by atoms with Gasteiger partial charge in [0.1, 0.15) is 0 Å². The molecule has 0 bridgehead atoms. The Bertz CT molecular complexity index is 464. The number of carbonyl (C=O) groups is 1. The van der Waals surface area contributed by atoms with Gasteiger partial charge in [-0.1, -0.05) is 30.3 Å². The molecule has 1 aliphatic heterocycles. The number of urea groups is 1. The van der Waals surface area contributed by atoms with Crippen molar-refractivity contribution in [2.24, 2.45) is 0 Å². The summed E-state index contributed by atoms with van der Waals surface area (Å²) in [7, 11) is 7.75. The average Bonchev–Trinajstić information content (AvgIpc) is 2.49. The van der Waals surface area contributed by atoms with E-state index in [2.05, 4.69) is 36.2 Å². The van der Waals surface area contributed by atoms with Crippen LogP contribution in [0.1, 0.15) is 18.4 Å². The zero-order valence-corrected chi connectivity index (χ0v) is 13.7. The second-order valence-electron chi connectivity index (χ2n) is 6.43. The molecule has 2 rings (SSSR count). The molecule has 1 fully saturated rings. The van der Waals surface area contributed by atoms with E-state index in [0.29, 0.717) is 0 Å². The Kier molecular flexibility index (Phi) is 4.88. The summed E-state index contributed by atoms with van der Waals surface area (Å²) >= 11 is 0. The summed E-state index contributed by atoms with van der Waals surface area (Å²) in [5.74, 6) is 0. The topological polar surface area (TPSA) is 26.8 Å². The van der Waals surface area contributed by atoms with Crippen LogP contribution in [0.4, 0.5) is 4.79 Å². The highest BCUT2D eigenvalue weighted by atomic mass is 16.2. The zero-order valence-electron chi connectivity index (χ0n) is 13.7. The number of benzene rings is 1. The number of likely N-dealkylation sites (N-methyl/N-ethyl adjacent to an activating group) is 1. The first kappa shape index (κ1) is 15.8. The first-order valence-corrected chi connectivity index (χ1v) is 7.62. The minimum Gasteiger partial charge on any atom is -0.331 e. The third-order valence-corrected chi connectivity index (χ3v) is 4.67. The quantitative estimate of drug-likeness (QED) is 0.854. The molecule has 0 atom stereocenters. The summed E-state index contributed by atoms with van der Waals surface area (Å²) in [6, 6.07) is 10.6. The Balaban J connectivity index is 2.24. The predicted molar refractivity (Wildman–Crippen MR) is 86.5 cm³/mol. The van der Waals surface area contributed by atoms with Crippen LogP contribution in [-0.2, 0) is 6.42 Å². The van der Waals surface area contributed by atoms with Crippen LogP contribution < -0.4 is 0 Å². The molecule has 4 heteroatoms. The minimum absolute atomic E-state index is 0.0742. The molecule has 1 saturated heterocycles. The fourth-order valence-electron chi connectivity index (χ4n) is 3.14. The smallest absolute Gasteiger partial charge is 0.319 e. The number of likely N-dealkylation sites (tertiary alicyclic amines) is 1. The van der Waals surface area contributed by atoms with Crippen molar-refractivity contribution < 1.29 is 4.79 Å². The van der Waals surface area contributed by atoms with Gasteiger partial charge in [-0.15, -0.1) is 0 Å². The SMILES string of the molecule is CN1CCC(Cc2ccccc2)(N(C)C(=O)N(C)C)CC1. The van der Waals surface area contributed by atoms with Gasteiger partial charge in [0.15, 0.2) is 0 Å². The molecule has 0 unspecified atom stereocenters. The van der Waals surface area contributed by atoms with Crippen molar-refractivity contribution in [3.8, 4) is 0 Å². The molecule has 0 saturated carbocycles. The van der Waals surface area contributed by atoms with Gasteiger partial charge in [-0.25, -0.2) is 4.79 Å². The highest BCUT2D eigenvalue weighted by molar-refractivity contribution is 5.74. The lowest BCUT2D eigenvalue weighted by Crippen LogP contribution is -2.58. The van der Waals surface area contributed by atoms with E-state index in [1.165, 1.54) is 5.56 Å².